The highest BCUT2D eigenvalue weighted by Gasteiger charge is 2.41. The lowest BCUT2D eigenvalue weighted by Crippen LogP contribution is -2.38. The van der Waals surface area contributed by atoms with Crippen LogP contribution in [0.4, 0.5) is 4.39 Å². The summed E-state index contributed by atoms with van der Waals surface area (Å²) in [5.41, 5.74) is 14.5. The van der Waals surface area contributed by atoms with Crippen LogP contribution in [0.25, 0.3) is 0 Å². The third-order valence-corrected chi connectivity index (χ3v) is 14.6. The normalized spacial score (nSPS) is 13.9. The van der Waals surface area contributed by atoms with E-state index in [9.17, 15) is 0 Å². The second kappa shape index (κ2) is 44.9. The van der Waals surface area contributed by atoms with E-state index in [1.807, 2.05) is 46.8 Å². The summed E-state index contributed by atoms with van der Waals surface area (Å²) in [4.78, 5) is 28.4. The number of allylic oxidation sites excluding steroid dienone is 4. The first-order chi connectivity index (χ1) is 41.4. The maximum absolute atomic E-state index is 17.7. The smallest absolute Gasteiger partial charge is 0.140 e. The fraction of sp³-hybridized carbons (Fsp3) is 0.610. The summed E-state index contributed by atoms with van der Waals surface area (Å²) < 4.78 is 17.7. The molecule has 500 valence electrons. The summed E-state index contributed by atoms with van der Waals surface area (Å²) in [6, 6.07) is 26.0. The van der Waals surface area contributed by atoms with Gasteiger partial charge in [0.15, 0.2) is 0 Å². The molecule has 7 heteroatoms. The Balaban J connectivity index is 0. The summed E-state index contributed by atoms with van der Waals surface area (Å²) in [6.07, 6.45) is 16.5. The topological polar surface area (TPSA) is 74.2 Å². The van der Waals surface area contributed by atoms with Gasteiger partial charge in [-0.2, -0.15) is 0 Å². The van der Waals surface area contributed by atoms with Gasteiger partial charge in [0.05, 0.1) is 37.3 Å². The van der Waals surface area contributed by atoms with Crippen LogP contribution in [0.15, 0.2) is 152 Å². The molecule has 0 N–H and O–H groups in total. The Hall–Kier alpha value is -5.43. The van der Waals surface area contributed by atoms with Gasteiger partial charge >= 0.3 is 0 Å². The van der Waals surface area contributed by atoms with Crippen molar-refractivity contribution in [2.75, 3.05) is 0 Å². The molecular formula is C82H135FN6. The quantitative estimate of drug-likeness (QED) is 0.0471. The standard InChI is InChI=1S/C45H69FN4.C17H25N.C10H19N.C8H16.C2H6/c1-14-34(4)47-30-40-22-18-23-41(27-40)32-49-37(7)28-45(46,33(3)25-36(6)50-44(11,12)13)42(15-2)24-16-19-35(5)48-31-39-21-17-20-38(26-39)29-43(8,9)10;1-6-8-14(2)18-13-16-10-7-9-15(11-16)12-17(3,4)5;1-8(2)7-9(3)11-10(4,5)6;1-4-7-8(5-2)6-3;1-2/h17-18,20-23,26-27,42H,3,14-16,19,24-25,28-32H2,1-2,4-13H3;6-7,9-11H,1,8,12-13H2,2-5H3;1,7H2,2-6H3;4,8H,1,5-7H2,2-3H3;1-2H3. The van der Waals surface area contributed by atoms with Gasteiger partial charge in [0.25, 0.3) is 0 Å². The summed E-state index contributed by atoms with van der Waals surface area (Å²) in [7, 11) is 0. The van der Waals surface area contributed by atoms with Crippen LogP contribution in [0.3, 0.4) is 0 Å². The zero-order chi connectivity index (χ0) is 68.6. The number of aliphatic imine (C=N–C) groups is 6. The predicted molar refractivity (Wildman–Crippen MR) is 403 cm³/mol. The van der Waals surface area contributed by atoms with Crippen LogP contribution in [0.2, 0.25) is 0 Å². The van der Waals surface area contributed by atoms with Gasteiger partial charge in [-0.05, 0) is 203 Å². The van der Waals surface area contributed by atoms with Crippen molar-refractivity contribution < 1.29 is 4.39 Å². The van der Waals surface area contributed by atoms with E-state index in [-0.39, 0.29) is 28.8 Å². The van der Waals surface area contributed by atoms with Crippen LogP contribution >= 0.6 is 0 Å². The highest BCUT2D eigenvalue weighted by atomic mass is 19.1. The molecule has 0 aromatic heterocycles. The van der Waals surface area contributed by atoms with Gasteiger partial charge < -0.3 is 0 Å². The number of rotatable bonds is 30. The Morgan fingerprint density at radius 2 is 0.876 bits per heavy atom. The molecule has 6 nitrogen and oxygen atoms in total. The molecule has 3 rings (SSSR count). The molecule has 0 fully saturated rings. The SMILES string of the molecule is C=C(C)CC(C)=NC(C)(C)C.C=C(CC(C)=NC(C)(C)C)C(F)(CC(C)=NCc1cccc(CN=C(C)CC)c1)C(CC)CCCC(C)=NCc1cccc(CC(C)(C)C)c1.C=CCC(C)=NCc1cccc(CC(C)(C)C)c1.C=CCC(CC)CC.CC. The van der Waals surface area contributed by atoms with Crippen LogP contribution in [-0.4, -0.2) is 51.0 Å². The lowest BCUT2D eigenvalue weighted by atomic mass is 9.74. The second-order valence-electron chi connectivity index (χ2n) is 29.2. The molecule has 3 aromatic rings. The Labute approximate surface area is 550 Å². The van der Waals surface area contributed by atoms with Gasteiger partial charge in [0.1, 0.15) is 5.67 Å². The number of hydrogen-bond donors (Lipinski definition) is 0. The zero-order valence-electron chi connectivity index (χ0n) is 62.4. The maximum Gasteiger partial charge on any atom is 0.140 e. The van der Waals surface area contributed by atoms with Crippen molar-refractivity contribution in [1.82, 2.24) is 0 Å². The summed E-state index contributed by atoms with van der Waals surface area (Å²) in [6.45, 7) is 71.5. The van der Waals surface area contributed by atoms with Crippen molar-refractivity contribution in [2.45, 2.75) is 306 Å². The molecule has 2 atom stereocenters. The minimum absolute atomic E-state index is 0.0551. The highest BCUT2D eigenvalue weighted by molar-refractivity contribution is 5.87. The first-order valence-electron chi connectivity index (χ1n) is 34.0. The largest absolute Gasteiger partial charge is 0.290 e. The maximum atomic E-state index is 17.7. The molecule has 2 unspecified atom stereocenters. The van der Waals surface area contributed by atoms with E-state index in [0.717, 1.165) is 104 Å². The zero-order valence-corrected chi connectivity index (χ0v) is 62.4. The van der Waals surface area contributed by atoms with Gasteiger partial charge in [-0.15, -0.1) is 13.2 Å². The predicted octanol–water partition coefficient (Wildman–Crippen LogP) is 24.8. The Morgan fingerprint density at radius 3 is 1.22 bits per heavy atom. The average Bonchev–Trinajstić information content (AvgIpc) is 1.31. The highest BCUT2D eigenvalue weighted by Crippen LogP contribution is 2.41. The third-order valence-electron chi connectivity index (χ3n) is 14.6. The fourth-order valence-corrected chi connectivity index (χ4v) is 10.4. The number of halogens is 1. The van der Waals surface area contributed by atoms with Gasteiger partial charge in [0.2, 0.25) is 0 Å². The van der Waals surface area contributed by atoms with Crippen molar-refractivity contribution in [2.24, 2.45) is 52.6 Å². The fourth-order valence-electron chi connectivity index (χ4n) is 10.4. The first-order valence-corrected chi connectivity index (χ1v) is 34.0. The summed E-state index contributed by atoms with van der Waals surface area (Å²) in [5, 5.41) is 0. The van der Waals surface area contributed by atoms with E-state index in [1.165, 1.54) is 58.4 Å². The van der Waals surface area contributed by atoms with E-state index < -0.39 is 5.67 Å². The Kier molecular flexibility index (Phi) is 43.2. The van der Waals surface area contributed by atoms with Crippen molar-refractivity contribution in [3.8, 4) is 0 Å². The minimum Gasteiger partial charge on any atom is -0.290 e. The molecule has 0 spiro atoms. The molecule has 0 saturated heterocycles. The molecule has 89 heavy (non-hydrogen) atoms. The number of alkyl halides is 1. The lowest BCUT2D eigenvalue weighted by Gasteiger charge is -2.36. The van der Waals surface area contributed by atoms with E-state index in [0.29, 0.717) is 37.0 Å². The van der Waals surface area contributed by atoms with Crippen molar-refractivity contribution in [3.63, 3.8) is 0 Å². The van der Waals surface area contributed by atoms with Crippen LogP contribution < -0.4 is 0 Å². The second-order valence-corrected chi connectivity index (χ2v) is 29.2. The Bertz CT molecular complexity index is 2690. The minimum atomic E-state index is -1.58. The molecule has 0 amide bonds. The molecule has 0 heterocycles. The Morgan fingerprint density at radius 1 is 0.494 bits per heavy atom. The van der Waals surface area contributed by atoms with Gasteiger partial charge in [-0.25, -0.2) is 4.39 Å². The molecular weight excluding hydrogens is 1090 g/mol. The van der Waals surface area contributed by atoms with Crippen molar-refractivity contribution >= 4 is 34.3 Å². The van der Waals surface area contributed by atoms with Crippen LogP contribution in [-0.2, 0) is 39.0 Å². The van der Waals surface area contributed by atoms with Crippen LogP contribution in [0, 0.1) is 22.7 Å². The third kappa shape index (κ3) is 44.6. The molecule has 0 aliphatic rings. The number of nitrogens with zero attached hydrogens (tertiary/aromatic N) is 6. The molecule has 3 aromatic carbocycles. The van der Waals surface area contributed by atoms with Crippen LogP contribution in [0.5, 0.6) is 0 Å². The van der Waals surface area contributed by atoms with Gasteiger partial charge in [-0.3, -0.25) is 30.0 Å². The number of hydrogen-bond acceptors (Lipinski definition) is 6. The van der Waals surface area contributed by atoms with Crippen molar-refractivity contribution in [3.05, 3.63) is 156 Å². The summed E-state index contributed by atoms with van der Waals surface area (Å²) >= 11 is 0. The van der Waals surface area contributed by atoms with E-state index in [1.54, 1.807) is 0 Å². The van der Waals surface area contributed by atoms with E-state index in [4.69, 9.17) is 15.0 Å². The van der Waals surface area contributed by atoms with E-state index >= 15 is 4.39 Å². The molecule has 0 aliphatic carbocycles. The first kappa shape index (κ1) is 85.6. The monoisotopic (exact) mass is 1220 g/mol. The molecule has 0 radical (unpaired) electrons. The van der Waals surface area contributed by atoms with Crippen molar-refractivity contribution in [1.29, 1.82) is 0 Å². The van der Waals surface area contributed by atoms with Gasteiger partial charge in [-0.1, -0.05) is 200 Å². The van der Waals surface area contributed by atoms with E-state index in [2.05, 4.69) is 253 Å². The van der Waals surface area contributed by atoms with Gasteiger partial charge in [0, 0.05) is 60.0 Å². The molecule has 0 saturated carbocycles. The lowest BCUT2D eigenvalue weighted by molar-refractivity contribution is 0.116. The van der Waals surface area contributed by atoms with Crippen LogP contribution in [0.1, 0.15) is 284 Å². The average molecular weight is 1220 g/mol. The molecule has 0 aliphatic heterocycles. The molecule has 0 bridgehead atoms. The number of benzene rings is 3. The summed E-state index contributed by atoms with van der Waals surface area (Å²) in [5.74, 6) is 0.708.